The van der Waals surface area contributed by atoms with Crippen LogP contribution >= 0.6 is 0 Å². The van der Waals surface area contributed by atoms with Crippen molar-refractivity contribution < 1.29 is 14.6 Å². The third-order valence-electron chi connectivity index (χ3n) is 4.37. The van der Waals surface area contributed by atoms with Crippen LogP contribution in [0.2, 0.25) is 0 Å². The van der Waals surface area contributed by atoms with Gasteiger partial charge in [-0.1, -0.05) is 30.3 Å². The summed E-state index contributed by atoms with van der Waals surface area (Å²) in [5.41, 5.74) is 2.81. The van der Waals surface area contributed by atoms with Crippen LogP contribution in [0.15, 0.2) is 53.5 Å². The molecule has 1 unspecified atom stereocenters. The zero-order valence-corrected chi connectivity index (χ0v) is 13.7. The number of aliphatic imine (C=N–C) groups is 1. The minimum absolute atomic E-state index is 0.0582. The highest BCUT2D eigenvalue weighted by Crippen LogP contribution is 2.36. The predicted octanol–water partition coefficient (Wildman–Crippen LogP) is 2.12. The third kappa shape index (κ3) is 2.96. The first-order valence-corrected chi connectivity index (χ1v) is 8.34. The summed E-state index contributed by atoms with van der Waals surface area (Å²) >= 11 is 0. The molecule has 1 fully saturated rings. The van der Waals surface area contributed by atoms with E-state index in [0.29, 0.717) is 25.5 Å². The van der Waals surface area contributed by atoms with Crippen molar-refractivity contribution in [3.63, 3.8) is 0 Å². The normalized spacial score (nSPS) is 18.3. The van der Waals surface area contributed by atoms with Gasteiger partial charge in [-0.25, -0.2) is 4.99 Å². The van der Waals surface area contributed by atoms with E-state index >= 15 is 0 Å². The van der Waals surface area contributed by atoms with E-state index in [4.69, 9.17) is 9.84 Å². The van der Waals surface area contributed by atoms with Crippen LogP contribution in [0.5, 0.6) is 5.75 Å². The van der Waals surface area contributed by atoms with E-state index < -0.39 is 0 Å². The molecule has 6 heteroatoms. The number of aliphatic hydroxyl groups is 1. The molecule has 2 aliphatic heterocycles. The molecule has 2 N–H and O–H groups in total. The maximum atomic E-state index is 12.5. The fraction of sp³-hybridized carbons (Fsp3) is 0.263. The van der Waals surface area contributed by atoms with Crippen molar-refractivity contribution in [1.82, 2.24) is 10.2 Å². The van der Waals surface area contributed by atoms with E-state index in [1.54, 1.807) is 0 Å². The van der Waals surface area contributed by atoms with Crippen molar-refractivity contribution in [2.24, 2.45) is 4.99 Å². The number of hydrogen-bond acceptors (Lipinski definition) is 5. The minimum Gasteiger partial charge on any atom is -0.493 e. The van der Waals surface area contributed by atoms with Gasteiger partial charge in [0.25, 0.3) is 5.91 Å². The van der Waals surface area contributed by atoms with Crippen LogP contribution in [-0.4, -0.2) is 35.1 Å². The topological polar surface area (TPSA) is 74.2 Å². The van der Waals surface area contributed by atoms with Crippen LogP contribution in [0, 0.1) is 0 Å². The Balaban J connectivity index is 1.61. The Morgan fingerprint density at radius 2 is 2.08 bits per heavy atom. The number of nitrogens with zero attached hydrogens (tertiary/aromatic N) is 2. The lowest BCUT2D eigenvalue weighted by molar-refractivity contribution is -0.121. The first kappa shape index (κ1) is 15.7. The molecule has 2 aromatic carbocycles. The molecule has 2 aliphatic rings. The number of rotatable bonds is 5. The number of fused-ring (bicyclic) bond motifs is 2. The van der Waals surface area contributed by atoms with Gasteiger partial charge in [0.2, 0.25) is 5.96 Å². The van der Waals surface area contributed by atoms with Crippen molar-refractivity contribution >= 4 is 17.6 Å². The second kappa shape index (κ2) is 6.57. The monoisotopic (exact) mass is 337 g/mol. The summed E-state index contributed by atoms with van der Waals surface area (Å²) in [5, 5.41) is 11.7. The Kier molecular flexibility index (Phi) is 4.11. The highest BCUT2D eigenvalue weighted by atomic mass is 16.5. The van der Waals surface area contributed by atoms with Gasteiger partial charge >= 0.3 is 0 Å². The number of ether oxygens (including phenoxy) is 1. The van der Waals surface area contributed by atoms with Gasteiger partial charge in [-0.3, -0.25) is 10.1 Å². The van der Waals surface area contributed by atoms with E-state index in [1.165, 1.54) is 0 Å². The first-order valence-electron chi connectivity index (χ1n) is 8.34. The Morgan fingerprint density at radius 1 is 1.24 bits per heavy atom. The fourth-order valence-electron chi connectivity index (χ4n) is 3.18. The molecule has 1 saturated heterocycles. The average Bonchev–Trinajstić information content (AvgIpc) is 2.95. The zero-order valence-electron chi connectivity index (χ0n) is 13.7. The Hall–Kier alpha value is -2.86. The summed E-state index contributed by atoms with van der Waals surface area (Å²) in [4.78, 5) is 19.0. The summed E-state index contributed by atoms with van der Waals surface area (Å²) in [7, 11) is 0. The molecular formula is C19H19N3O3. The van der Waals surface area contributed by atoms with E-state index in [0.717, 1.165) is 22.6 Å². The van der Waals surface area contributed by atoms with E-state index in [1.807, 2.05) is 53.4 Å². The second-order valence-electron chi connectivity index (χ2n) is 6.08. The maximum Gasteiger partial charge on any atom is 0.254 e. The fourth-order valence-corrected chi connectivity index (χ4v) is 3.18. The number of nitrogens with one attached hydrogen (secondary N) is 1. The van der Waals surface area contributed by atoms with Crippen molar-refractivity contribution in [3.05, 3.63) is 59.7 Å². The molecule has 0 aliphatic carbocycles. The molecular weight excluding hydrogens is 318 g/mol. The molecule has 0 bridgehead atoms. The number of guanidine groups is 1. The standard InChI is InChI=1S/C19H19N3O3/c23-9-4-10-25-15-7-8-16-14(11-15)12-22-17(13-5-2-1-3-6-13)18(24)21-19(22)20-16/h1-3,5-8,11,17,23H,4,9-10,12H2,(H,20,21,24). The van der Waals surface area contributed by atoms with Gasteiger partial charge in [0.05, 0.1) is 12.3 Å². The van der Waals surface area contributed by atoms with Crippen LogP contribution < -0.4 is 10.1 Å². The molecule has 0 saturated carbocycles. The van der Waals surface area contributed by atoms with Gasteiger partial charge in [-0.2, -0.15) is 0 Å². The smallest absolute Gasteiger partial charge is 0.254 e. The highest BCUT2D eigenvalue weighted by molar-refractivity contribution is 6.08. The Labute approximate surface area is 145 Å². The van der Waals surface area contributed by atoms with Crippen LogP contribution in [0.3, 0.4) is 0 Å². The average molecular weight is 337 g/mol. The molecule has 2 aromatic rings. The Morgan fingerprint density at radius 3 is 2.88 bits per heavy atom. The highest BCUT2D eigenvalue weighted by Gasteiger charge is 2.39. The summed E-state index contributed by atoms with van der Waals surface area (Å²) in [5.74, 6) is 1.29. The molecule has 0 aromatic heterocycles. The number of carbonyl (C=O) groups is 1. The van der Waals surface area contributed by atoms with E-state index in [-0.39, 0.29) is 18.6 Å². The number of hydrogen-bond donors (Lipinski definition) is 2. The number of aliphatic hydroxyl groups excluding tert-OH is 1. The van der Waals surface area contributed by atoms with E-state index in [2.05, 4.69) is 10.3 Å². The number of carbonyl (C=O) groups excluding carboxylic acids is 1. The molecule has 128 valence electrons. The quantitative estimate of drug-likeness (QED) is 0.820. The molecule has 25 heavy (non-hydrogen) atoms. The summed E-state index contributed by atoms with van der Waals surface area (Å²) < 4.78 is 5.65. The summed E-state index contributed by atoms with van der Waals surface area (Å²) in [6.45, 7) is 1.17. The lowest BCUT2D eigenvalue weighted by Crippen LogP contribution is -2.33. The first-order chi connectivity index (χ1) is 12.3. The van der Waals surface area contributed by atoms with Gasteiger partial charge in [-0.05, 0) is 23.8 Å². The number of benzene rings is 2. The van der Waals surface area contributed by atoms with Gasteiger partial charge in [0, 0.05) is 25.1 Å². The molecule has 1 atom stereocenters. The second-order valence-corrected chi connectivity index (χ2v) is 6.08. The zero-order chi connectivity index (χ0) is 17.2. The van der Waals surface area contributed by atoms with Crippen molar-refractivity contribution in [3.8, 4) is 5.75 Å². The van der Waals surface area contributed by atoms with Gasteiger partial charge in [-0.15, -0.1) is 0 Å². The van der Waals surface area contributed by atoms with Gasteiger partial charge in [0.15, 0.2) is 0 Å². The van der Waals surface area contributed by atoms with Crippen LogP contribution in [-0.2, 0) is 11.3 Å². The molecule has 2 heterocycles. The van der Waals surface area contributed by atoms with Crippen molar-refractivity contribution in [2.45, 2.75) is 19.0 Å². The van der Waals surface area contributed by atoms with Crippen LogP contribution in [0.25, 0.3) is 0 Å². The Bertz CT molecular complexity index is 820. The van der Waals surface area contributed by atoms with Crippen molar-refractivity contribution in [1.29, 1.82) is 0 Å². The largest absolute Gasteiger partial charge is 0.493 e. The molecule has 1 amide bonds. The minimum atomic E-state index is -0.368. The lowest BCUT2D eigenvalue weighted by Gasteiger charge is -2.28. The molecule has 6 nitrogen and oxygen atoms in total. The van der Waals surface area contributed by atoms with Crippen LogP contribution in [0.4, 0.5) is 5.69 Å². The van der Waals surface area contributed by atoms with Gasteiger partial charge in [0.1, 0.15) is 11.8 Å². The number of amides is 1. The molecule has 4 rings (SSSR count). The van der Waals surface area contributed by atoms with Crippen molar-refractivity contribution in [2.75, 3.05) is 13.2 Å². The molecule has 0 radical (unpaired) electrons. The van der Waals surface area contributed by atoms with E-state index in [9.17, 15) is 4.79 Å². The van der Waals surface area contributed by atoms with Gasteiger partial charge < -0.3 is 14.7 Å². The molecule has 0 spiro atoms. The SMILES string of the molecule is O=C1NC2=Nc3ccc(OCCCO)cc3CN2C1c1ccccc1. The summed E-state index contributed by atoms with van der Waals surface area (Å²) in [6.07, 6.45) is 0.597. The third-order valence-corrected chi connectivity index (χ3v) is 4.37. The lowest BCUT2D eigenvalue weighted by atomic mass is 10.0. The van der Waals surface area contributed by atoms with Crippen LogP contribution in [0.1, 0.15) is 23.6 Å². The predicted molar refractivity (Wildman–Crippen MR) is 93.6 cm³/mol. The maximum absolute atomic E-state index is 12.5. The summed E-state index contributed by atoms with van der Waals surface area (Å²) in [6, 6.07) is 15.1.